The summed E-state index contributed by atoms with van der Waals surface area (Å²) in [6, 6.07) is 0. The summed E-state index contributed by atoms with van der Waals surface area (Å²) in [5.41, 5.74) is 8.18. The van der Waals surface area contributed by atoms with E-state index in [0.717, 1.165) is 6.42 Å². The standard InChI is InChI=1S/C14H20N5O3P/c1-3-21-23(20,22-4-2)7-11-5-10(11)6-19-9-18-12-13(15)16-8-17-14(12)19/h6,8-9,11H,3-5,7H2,1-2H3,(H2,15,16,17)/b10-6-. The fourth-order valence-corrected chi connectivity index (χ4v) is 4.49. The molecule has 1 saturated carbocycles. The van der Waals surface area contributed by atoms with Crippen molar-refractivity contribution in [1.29, 1.82) is 0 Å². The molecule has 2 aromatic heterocycles. The zero-order valence-electron chi connectivity index (χ0n) is 13.2. The number of imidazole rings is 1. The quantitative estimate of drug-likeness (QED) is 0.774. The molecule has 0 aromatic carbocycles. The Morgan fingerprint density at radius 2 is 2.09 bits per heavy atom. The molecule has 0 radical (unpaired) electrons. The van der Waals surface area contributed by atoms with E-state index in [1.54, 1.807) is 6.33 Å². The maximum atomic E-state index is 12.5. The summed E-state index contributed by atoms with van der Waals surface area (Å²) in [5, 5.41) is 0. The van der Waals surface area contributed by atoms with Crippen LogP contribution in [0.3, 0.4) is 0 Å². The molecule has 1 atom stereocenters. The van der Waals surface area contributed by atoms with Crippen molar-refractivity contribution in [2.75, 3.05) is 25.1 Å². The van der Waals surface area contributed by atoms with Crippen LogP contribution in [0.5, 0.6) is 0 Å². The molecule has 0 aliphatic heterocycles. The number of nitrogen functional groups attached to an aromatic ring is 1. The van der Waals surface area contributed by atoms with E-state index in [1.807, 2.05) is 24.6 Å². The van der Waals surface area contributed by atoms with Crippen molar-refractivity contribution in [2.24, 2.45) is 5.92 Å². The largest absolute Gasteiger partial charge is 0.382 e. The number of allylic oxidation sites excluding steroid dienone is 1. The molecule has 0 amide bonds. The Labute approximate surface area is 134 Å². The zero-order chi connectivity index (χ0) is 16.4. The second-order valence-corrected chi connectivity index (χ2v) is 7.42. The van der Waals surface area contributed by atoms with Gasteiger partial charge in [-0.15, -0.1) is 0 Å². The Bertz CT molecular complexity index is 778. The molecule has 1 aliphatic carbocycles. The monoisotopic (exact) mass is 337 g/mol. The molecule has 2 heterocycles. The summed E-state index contributed by atoms with van der Waals surface area (Å²) in [4.78, 5) is 12.3. The SMILES string of the molecule is CCOP(=O)(CC1C/C1=C/n1cnc2c(N)ncnc21)OCC. The summed E-state index contributed by atoms with van der Waals surface area (Å²) in [6.45, 7) is 4.39. The zero-order valence-corrected chi connectivity index (χ0v) is 14.1. The van der Waals surface area contributed by atoms with Gasteiger partial charge in [-0.05, 0) is 31.8 Å². The van der Waals surface area contributed by atoms with E-state index in [4.69, 9.17) is 14.8 Å². The fraction of sp³-hybridized carbons (Fsp3) is 0.500. The molecule has 23 heavy (non-hydrogen) atoms. The Hall–Kier alpha value is -1.76. The van der Waals surface area contributed by atoms with Crippen molar-refractivity contribution < 1.29 is 13.6 Å². The summed E-state index contributed by atoms with van der Waals surface area (Å²) >= 11 is 0. The highest BCUT2D eigenvalue weighted by Gasteiger charge is 2.38. The van der Waals surface area contributed by atoms with Crippen LogP contribution in [0.25, 0.3) is 17.4 Å². The normalized spacial score (nSPS) is 19.6. The second kappa shape index (κ2) is 6.39. The van der Waals surface area contributed by atoms with Crippen LogP contribution in [0, 0.1) is 5.92 Å². The average Bonchev–Trinajstić information content (AvgIpc) is 3.06. The van der Waals surface area contributed by atoms with Gasteiger partial charge >= 0.3 is 7.60 Å². The highest BCUT2D eigenvalue weighted by atomic mass is 31.2. The summed E-state index contributed by atoms with van der Waals surface area (Å²) in [6.07, 6.45) is 6.29. The van der Waals surface area contributed by atoms with Crippen molar-refractivity contribution in [1.82, 2.24) is 19.5 Å². The van der Waals surface area contributed by atoms with Gasteiger partial charge in [0.1, 0.15) is 12.7 Å². The number of anilines is 1. The fourth-order valence-electron chi connectivity index (χ4n) is 2.51. The molecule has 8 nitrogen and oxygen atoms in total. The highest BCUT2D eigenvalue weighted by Crippen LogP contribution is 2.56. The number of hydrogen-bond acceptors (Lipinski definition) is 7. The second-order valence-electron chi connectivity index (χ2n) is 5.32. The molecule has 0 bridgehead atoms. The van der Waals surface area contributed by atoms with Crippen LogP contribution in [0.15, 0.2) is 18.2 Å². The van der Waals surface area contributed by atoms with Gasteiger partial charge in [0.05, 0.1) is 19.4 Å². The van der Waals surface area contributed by atoms with Gasteiger partial charge in [0.25, 0.3) is 0 Å². The molecule has 1 fully saturated rings. The number of nitrogens with two attached hydrogens (primary N) is 1. The molecule has 2 aromatic rings. The predicted molar refractivity (Wildman–Crippen MR) is 87.8 cm³/mol. The van der Waals surface area contributed by atoms with Gasteiger partial charge in [0.15, 0.2) is 17.0 Å². The maximum absolute atomic E-state index is 12.5. The number of aromatic nitrogens is 4. The van der Waals surface area contributed by atoms with Crippen LogP contribution in [-0.4, -0.2) is 38.9 Å². The number of nitrogens with zero attached hydrogens (tertiary/aromatic N) is 4. The first-order chi connectivity index (χ1) is 11.1. The average molecular weight is 337 g/mol. The van der Waals surface area contributed by atoms with Crippen LogP contribution in [-0.2, 0) is 13.6 Å². The Balaban J connectivity index is 1.75. The Kier molecular flexibility index (Phi) is 4.48. The van der Waals surface area contributed by atoms with Crippen LogP contribution in [0.1, 0.15) is 20.3 Å². The van der Waals surface area contributed by atoms with Gasteiger partial charge in [0, 0.05) is 6.20 Å². The Morgan fingerprint density at radius 3 is 2.78 bits per heavy atom. The third-order valence-corrected chi connectivity index (χ3v) is 5.83. The molecule has 0 saturated heterocycles. The van der Waals surface area contributed by atoms with Crippen LogP contribution >= 0.6 is 7.60 Å². The Morgan fingerprint density at radius 1 is 1.35 bits per heavy atom. The van der Waals surface area contributed by atoms with Crippen molar-refractivity contribution in [3.8, 4) is 0 Å². The molecular formula is C14H20N5O3P. The molecule has 1 aliphatic rings. The smallest absolute Gasteiger partial charge is 0.331 e. The lowest BCUT2D eigenvalue weighted by Crippen LogP contribution is -2.01. The summed E-state index contributed by atoms with van der Waals surface area (Å²) in [5.74, 6) is 0.562. The molecular weight excluding hydrogens is 317 g/mol. The first-order valence-electron chi connectivity index (χ1n) is 7.58. The highest BCUT2D eigenvalue weighted by molar-refractivity contribution is 7.53. The topological polar surface area (TPSA) is 105 Å². The van der Waals surface area contributed by atoms with Crippen molar-refractivity contribution in [3.05, 3.63) is 18.2 Å². The molecule has 0 spiro atoms. The molecule has 9 heteroatoms. The molecule has 2 N–H and O–H groups in total. The predicted octanol–water partition coefficient (Wildman–Crippen LogP) is 2.54. The van der Waals surface area contributed by atoms with Gasteiger partial charge < -0.3 is 14.8 Å². The van der Waals surface area contributed by atoms with Crippen LogP contribution < -0.4 is 5.73 Å². The van der Waals surface area contributed by atoms with E-state index in [2.05, 4.69) is 15.0 Å². The van der Waals surface area contributed by atoms with Gasteiger partial charge in [-0.2, -0.15) is 0 Å². The van der Waals surface area contributed by atoms with E-state index in [-0.39, 0.29) is 5.92 Å². The van der Waals surface area contributed by atoms with Gasteiger partial charge in [0.2, 0.25) is 0 Å². The first-order valence-corrected chi connectivity index (χ1v) is 9.30. The van der Waals surface area contributed by atoms with Crippen molar-refractivity contribution in [2.45, 2.75) is 20.3 Å². The van der Waals surface area contributed by atoms with Gasteiger partial charge in [-0.25, -0.2) is 15.0 Å². The van der Waals surface area contributed by atoms with E-state index in [1.165, 1.54) is 11.9 Å². The summed E-state index contributed by atoms with van der Waals surface area (Å²) in [7, 11) is -3.01. The lowest BCUT2D eigenvalue weighted by atomic mass is 10.4. The summed E-state index contributed by atoms with van der Waals surface area (Å²) < 4.78 is 25.0. The van der Waals surface area contributed by atoms with Crippen LogP contribution in [0.2, 0.25) is 0 Å². The van der Waals surface area contributed by atoms with E-state index >= 15 is 0 Å². The molecule has 124 valence electrons. The van der Waals surface area contributed by atoms with E-state index in [9.17, 15) is 4.57 Å². The minimum atomic E-state index is -3.01. The van der Waals surface area contributed by atoms with E-state index < -0.39 is 7.60 Å². The first kappa shape index (κ1) is 16.1. The number of rotatable bonds is 7. The molecule has 1 unspecified atom stereocenters. The van der Waals surface area contributed by atoms with Crippen molar-refractivity contribution in [3.63, 3.8) is 0 Å². The van der Waals surface area contributed by atoms with E-state index in [0.29, 0.717) is 36.4 Å². The molecule has 3 rings (SSSR count). The minimum Gasteiger partial charge on any atom is -0.382 e. The van der Waals surface area contributed by atoms with Crippen molar-refractivity contribution >= 4 is 30.8 Å². The van der Waals surface area contributed by atoms with Crippen LogP contribution in [0.4, 0.5) is 5.82 Å². The maximum Gasteiger partial charge on any atom is 0.331 e. The van der Waals surface area contributed by atoms with Gasteiger partial charge in [-0.3, -0.25) is 9.13 Å². The third-order valence-electron chi connectivity index (χ3n) is 3.63. The third kappa shape index (κ3) is 3.44. The van der Waals surface area contributed by atoms with Gasteiger partial charge in [-0.1, -0.05) is 0 Å². The number of fused-ring (bicyclic) bond motifs is 1. The number of hydrogen-bond donors (Lipinski definition) is 1. The lowest BCUT2D eigenvalue weighted by Gasteiger charge is -2.16. The minimum absolute atomic E-state index is 0.204. The lowest BCUT2D eigenvalue weighted by molar-refractivity contribution is 0.219.